The molecular formula is C21H38O4. The summed E-state index contributed by atoms with van der Waals surface area (Å²) in [5, 5.41) is 0. The van der Waals surface area contributed by atoms with E-state index in [0.717, 1.165) is 38.5 Å². The molecule has 0 amide bonds. The molecule has 1 aliphatic carbocycles. The van der Waals surface area contributed by atoms with Crippen LogP contribution in [0.2, 0.25) is 0 Å². The molecule has 25 heavy (non-hydrogen) atoms. The molecule has 0 aromatic carbocycles. The Morgan fingerprint density at radius 3 is 2.24 bits per heavy atom. The first-order chi connectivity index (χ1) is 12.0. The second-order valence-electron chi connectivity index (χ2n) is 8.16. The van der Waals surface area contributed by atoms with E-state index in [2.05, 4.69) is 27.7 Å². The SMILES string of the molecule is CCCCCCCCCC(=O)OOC(=O)C1CC(C)CCC1C(C)C. The molecule has 0 spiro atoms. The van der Waals surface area contributed by atoms with Crippen LogP contribution in [0.5, 0.6) is 0 Å². The van der Waals surface area contributed by atoms with E-state index in [0.29, 0.717) is 24.2 Å². The minimum absolute atomic E-state index is 0.143. The van der Waals surface area contributed by atoms with Crippen LogP contribution in [0.4, 0.5) is 0 Å². The average molecular weight is 355 g/mol. The van der Waals surface area contributed by atoms with Crippen LogP contribution in [0.15, 0.2) is 0 Å². The van der Waals surface area contributed by atoms with Crippen molar-refractivity contribution < 1.29 is 19.4 Å². The molecule has 3 atom stereocenters. The first-order valence-corrected chi connectivity index (χ1v) is 10.4. The Balaban J connectivity index is 2.22. The molecule has 0 heterocycles. The first-order valence-electron chi connectivity index (χ1n) is 10.4. The molecule has 0 bridgehead atoms. The van der Waals surface area contributed by atoms with Crippen LogP contribution in [0, 0.1) is 23.7 Å². The average Bonchev–Trinajstić information content (AvgIpc) is 2.58. The predicted octanol–water partition coefficient (Wildman–Crippen LogP) is 5.84. The fourth-order valence-electron chi connectivity index (χ4n) is 3.89. The summed E-state index contributed by atoms with van der Waals surface area (Å²) in [6.07, 6.45) is 11.4. The number of unbranched alkanes of at least 4 members (excludes halogenated alkanes) is 6. The highest BCUT2D eigenvalue weighted by atomic mass is 17.2. The molecule has 0 aliphatic heterocycles. The van der Waals surface area contributed by atoms with Gasteiger partial charge in [0.2, 0.25) is 0 Å². The van der Waals surface area contributed by atoms with E-state index < -0.39 is 5.97 Å². The largest absolute Gasteiger partial charge is 0.358 e. The van der Waals surface area contributed by atoms with Crippen molar-refractivity contribution in [1.29, 1.82) is 0 Å². The lowest BCUT2D eigenvalue weighted by atomic mass is 9.70. The van der Waals surface area contributed by atoms with E-state index in [4.69, 9.17) is 9.78 Å². The van der Waals surface area contributed by atoms with Gasteiger partial charge in [-0.2, -0.15) is 0 Å². The van der Waals surface area contributed by atoms with Crippen LogP contribution >= 0.6 is 0 Å². The summed E-state index contributed by atoms with van der Waals surface area (Å²) in [4.78, 5) is 33.8. The zero-order chi connectivity index (χ0) is 18.7. The maximum Gasteiger partial charge on any atom is 0.358 e. The molecule has 3 unspecified atom stereocenters. The second kappa shape index (κ2) is 12.3. The van der Waals surface area contributed by atoms with Crippen LogP contribution < -0.4 is 0 Å². The van der Waals surface area contributed by atoms with Crippen molar-refractivity contribution in [3.05, 3.63) is 0 Å². The van der Waals surface area contributed by atoms with Gasteiger partial charge in [-0.25, -0.2) is 19.4 Å². The molecule has 1 fully saturated rings. The van der Waals surface area contributed by atoms with Crippen LogP contribution in [0.1, 0.15) is 98.3 Å². The molecule has 4 heteroatoms. The lowest BCUT2D eigenvalue weighted by molar-refractivity contribution is -0.264. The zero-order valence-electron chi connectivity index (χ0n) is 16.7. The highest BCUT2D eigenvalue weighted by molar-refractivity contribution is 5.75. The van der Waals surface area contributed by atoms with Crippen LogP contribution in [-0.2, 0) is 19.4 Å². The van der Waals surface area contributed by atoms with Gasteiger partial charge in [0.25, 0.3) is 0 Å². The highest BCUT2D eigenvalue weighted by Gasteiger charge is 2.37. The van der Waals surface area contributed by atoms with E-state index in [1.807, 2.05) is 0 Å². The predicted molar refractivity (Wildman–Crippen MR) is 99.6 cm³/mol. The van der Waals surface area contributed by atoms with Gasteiger partial charge in [0.05, 0.1) is 12.3 Å². The van der Waals surface area contributed by atoms with Gasteiger partial charge >= 0.3 is 11.9 Å². The molecule has 0 aromatic rings. The maximum absolute atomic E-state index is 12.3. The molecule has 1 rings (SSSR count). The normalized spacial score (nSPS) is 23.5. The third-order valence-corrected chi connectivity index (χ3v) is 5.53. The molecule has 4 nitrogen and oxygen atoms in total. The summed E-state index contributed by atoms with van der Waals surface area (Å²) in [7, 11) is 0. The molecule has 1 saturated carbocycles. The minimum atomic E-state index is -0.424. The van der Waals surface area contributed by atoms with Crippen molar-refractivity contribution in [3.63, 3.8) is 0 Å². The fraction of sp³-hybridized carbons (Fsp3) is 0.905. The minimum Gasteiger partial charge on any atom is -0.247 e. The summed E-state index contributed by atoms with van der Waals surface area (Å²) in [5.41, 5.74) is 0. The van der Waals surface area contributed by atoms with Crippen molar-refractivity contribution >= 4 is 11.9 Å². The number of hydrogen-bond acceptors (Lipinski definition) is 4. The Morgan fingerprint density at radius 2 is 1.60 bits per heavy atom. The Morgan fingerprint density at radius 1 is 0.960 bits per heavy atom. The van der Waals surface area contributed by atoms with Crippen molar-refractivity contribution in [1.82, 2.24) is 0 Å². The van der Waals surface area contributed by atoms with Gasteiger partial charge < -0.3 is 0 Å². The van der Waals surface area contributed by atoms with Crippen LogP contribution in [-0.4, -0.2) is 11.9 Å². The lowest BCUT2D eigenvalue weighted by Gasteiger charge is -2.35. The number of rotatable bonds is 10. The lowest BCUT2D eigenvalue weighted by Crippen LogP contribution is -2.34. The molecule has 0 N–H and O–H groups in total. The van der Waals surface area contributed by atoms with Crippen LogP contribution in [0.25, 0.3) is 0 Å². The summed E-state index contributed by atoms with van der Waals surface area (Å²) in [6, 6.07) is 0. The molecule has 0 aromatic heterocycles. The summed E-state index contributed by atoms with van der Waals surface area (Å²) in [5.74, 6) is 0.357. The third kappa shape index (κ3) is 8.73. The van der Waals surface area contributed by atoms with Gasteiger partial charge in [0, 0.05) is 0 Å². The topological polar surface area (TPSA) is 52.6 Å². The summed E-state index contributed by atoms with van der Waals surface area (Å²) < 4.78 is 0. The molecule has 146 valence electrons. The van der Waals surface area contributed by atoms with Crippen molar-refractivity contribution in [2.45, 2.75) is 98.3 Å². The monoisotopic (exact) mass is 354 g/mol. The van der Waals surface area contributed by atoms with E-state index in [1.54, 1.807) is 0 Å². The second-order valence-corrected chi connectivity index (χ2v) is 8.16. The third-order valence-electron chi connectivity index (χ3n) is 5.53. The Hall–Kier alpha value is -1.06. The maximum atomic E-state index is 12.3. The Bertz CT molecular complexity index is 391. The quantitative estimate of drug-likeness (QED) is 0.281. The molecular weight excluding hydrogens is 316 g/mol. The number of hydrogen-bond donors (Lipinski definition) is 0. The first kappa shape index (κ1) is 22.0. The van der Waals surface area contributed by atoms with Crippen LogP contribution in [0.3, 0.4) is 0 Å². The van der Waals surface area contributed by atoms with E-state index in [9.17, 15) is 9.59 Å². The van der Waals surface area contributed by atoms with E-state index in [-0.39, 0.29) is 11.9 Å². The fourth-order valence-corrected chi connectivity index (χ4v) is 3.89. The van der Waals surface area contributed by atoms with Crippen molar-refractivity contribution in [2.75, 3.05) is 0 Å². The van der Waals surface area contributed by atoms with Crippen molar-refractivity contribution in [3.8, 4) is 0 Å². The van der Waals surface area contributed by atoms with Gasteiger partial charge in [-0.3, -0.25) is 0 Å². The van der Waals surface area contributed by atoms with Gasteiger partial charge in [-0.1, -0.05) is 72.6 Å². The summed E-state index contributed by atoms with van der Waals surface area (Å²) >= 11 is 0. The van der Waals surface area contributed by atoms with Gasteiger partial charge in [0.1, 0.15) is 0 Å². The van der Waals surface area contributed by atoms with E-state index >= 15 is 0 Å². The Kier molecular flexibility index (Phi) is 10.8. The standard InChI is InChI=1S/C21H38O4/c1-5-6-7-8-9-10-11-12-20(22)24-25-21(23)19-15-17(4)13-14-18(19)16(2)3/h16-19H,5-15H2,1-4H3. The molecule has 1 aliphatic rings. The van der Waals surface area contributed by atoms with Gasteiger partial charge in [-0.05, 0) is 37.0 Å². The number of carbonyl (C=O) groups is 2. The highest BCUT2D eigenvalue weighted by Crippen LogP contribution is 2.38. The summed E-state index contributed by atoms with van der Waals surface area (Å²) in [6.45, 7) is 8.67. The number of carbonyl (C=O) groups excluding carboxylic acids is 2. The van der Waals surface area contributed by atoms with Gasteiger partial charge in [0.15, 0.2) is 0 Å². The Labute approximate surface area is 154 Å². The van der Waals surface area contributed by atoms with Gasteiger partial charge in [-0.15, -0.1) is 0 Å². The zero-order valence-corrected chi connectivity index (χ0v) is 16.7. The van der Waals surface area contributed by atoms with Crippen molar-refractivity contribution in [2.24, 2.45) is 23.7 Å². The molecule has 0 radical (unpaired) electrons. The molecule has 0 saturated heterocycles. The smallest absolute Gasteiger partial charge is 0.247 e. The van der Waals surface area contributed by atoms with E-state index in [1.165, 1.54) is 25.7 Å².